The monoisotopic (exact) mass is 477 g/mol. The topological polar surface area (TPSA) is 93.8 Å². The molecule has 4 rings (SSSR count). The smallest absolute Gasteiger partial charge is 0.310 e. The highest BCUT2D eigenvalue weighted by molar-refractivity contribution is 8.45. The summed E-state index contributed by atoms with van der Waals surface area (Å²) in [7, 11) is -14.5. The van der Waals surface area contributed by atoms with E-state index < -0.39 is 48.2 Å². The Morgan fingerprint density at radius 1 is 1.07 bits per heavy atom. The van der Waals surface area contributed by atoms with Crippen molar-refractivity contribution in [2.24, 2.45) is 0 Å². The Morgan fingerprint density at radius 3 is 2.23 bits per heavy atom. The first kappa shape index (κ1) is 21.7. The number of sulfonamides is 1. The SMILES string of the molecule is O=C(C1CNNN1)N1CC2CCC(C1)N2S(=O)(=O)c1cccc(S(F)(F)(F)(F)F)c1. The largest absolute Gasteiger partial charge is 0.338 e. The van der Waals surface area contributed by atoms with Gasteiger partial charge in [-0.25, -0.2) is 19.3 Å². The average Bonchev–Trinajstić information content (AvgIpc) is 3.26. The maximum absolute atomic E-state index is 13.1. The number of benzene rings is 1. The van der Waals surface area contributed by atoms with Crippen LogP contribution in [0.2, 0.25) is 0 Å². The minimum atomic E-state index is -10.0. The van der Waals surface area contributed by atoms with Crippen LogP contribution >= 0.6 is 10.2 Å². The first-order chi connectivity index (χ1) is 13.7. The molecule has 15 heteroatoms. The number of hydrazine groups is 2. The van der Waals surface area contributed by atoms with E-state index in [1.807, 2.05) is 0 Å². The fourth-order valence-corrected chi connectivity index (χ4v) is 6.80. The lowest BCUT2D eigenvalue weighted by atomic mass is 10.2. The van der Waals surface area contributed by atoms with Crippen LogP contribution in [-0.4, -0.2) is 61.3 Å². The van der Waals surface area contributed by atoms with Gasteiger partial charge in [-0.05, 0) is 31.0 Å². The summed E-state index contributed by atoms with van der Waals surface area (Å²) in [5.74, 6) is -0.232. The Hall–Kier alpha value is -1.52. The summed E-state index contributed by atoms with van der Waals surface area (Å²) in [6.07, 6.45) is 0.840. The highest BCUT2D eigenvalue weighted by Crippen LogP contribution is 3.02. The molecule has 0 aromatic heterocycles. The molecule has 8 nitrogen and oxygen atoms in total. The van der Waals surface area contributed by atoms with Gasteiger partial charge in [0.25, 0.3) is 0 Å². The van der Waals surface area contributed by atoms with Crippen molar-refractivity contribution in [3.8, 4) is 0 Å². The number of amides is 1. The molecule has 0 saturated carbocycles. The standard InChI is InChI=1S/C15H20F5N5O3S2/c16-30(17,18,19,20)13-3-1-2-12(6-13)29(27,28)25-10-4-5-11(25)9-24(8-10)15(26)14-7-21-23-22-14/h1-3,6,10-11,14,21-23H,4-5,7-9H2. The molecule has 3 fully saturated rings. The van der Waals surface area contributed by atoms with Crippen molar-refractivity contribution in [2.45, 2.75) is 40.8 Å². The lowest BCUT2D eigenvalue weighted by Crippen LogP contribution is -2.59. The minimum absolute atomic E-state index is 0.00631. The highest BCUT2D eigenvalue weighted by atomic mass is 32.5. The highest BCUT2D eigenvalue weighted by Gasteiger charge is 2.65. The number of nitrogens with one attached hydrogen (secondary N) is 3. The quantitative estimate of drug-likeness (QED) is 0.572. The van der Waals surface area contributed by atoms with Crippen molar-refractivity contribution in [3.05, 3.63) is 24.3 Å². The zero-order valence-corrected chi connectivity index (χ0v) is 17.0. The minimum Gasteiger partial charge on any atom is -0.338 e. The molecule has 170 valence electrons. The van der Waals surface area contributed by atoms with Gasteiger partial charge in [-0.1, -0.05) is 25.5 Å². The number of hydrogen-bond acceptors (Lipinski definition) is 6. The van der Waals surface area contributed by atoms with E-state index in [0.29, 0.717) is 25.5 Å². The molecule has 2 bridgehead atoms. The van der Waals surface area contributed by atoms with Gasteiger partial charge in [0.1, 0.15) is 10.9 Å². The van der Waals surface area contributed by atoms with Crippen molar-refractivity contribution in [2.75, 3.05) is 19.6 Å². The number of rotatable bonds is 4. The average molecular weight is 477 g/mol. The van der Waals surface area contributed by atoms with E-state index in [-0.39, 0.29) is 31.1 Å². The van der Waals surface area contributed by atoms with Gasteiger partial charge in [0, 0.05) is 31.7 Å². The molecular formula is C15H20F5N5O3S2. The third-order valence-corrected chi connectivity index (χ3v) is 8.64. The Kier molecular flexibility index (Phi) is 4.53. The Balaban J connectivity index is 1.60. The fourth-order valence-electron chi connectivity index (χ4n) is 4.14. The number of fused-ring (bicyclic) bond motifs is 2. The molecule has 0 radical (unpaired) electrons. The summed E-state index contributed by atoms with van der Waals surface area (Å²) in [4.78, 5) is 11.0. The van der Waals surface area contributed by atoms with Gasteiger partial charge < -0.3 is 4.90 Å². The van der Waals surface area contributed by atoms with Crippen molar-refractivity contribution in [1.29, 1.82) is 0 Å². The summed E-state index contributed by atoms with van der Waals surface area (Å²) < 4.78 is 92.9. The van der Waals surface area contributed by atoms with Gasteiger partial charge in [0.2, 0.25) is 15.9 Å². The molecule has 30 heavy (non-hydrogen) atoms. The predicted octanol–water partition coefficient (Wildman–Crippen LogP) is 1.69. The van der Waals surface area contributed by atoms with Crippen LogP contribution in [0.5, 0.6) is 0 Å². The van der Waals surface area contributed by atoms with E-state index in [9.17, 15) is 32.6 Å². The van der Waals surface area contributed by atoms with Crippen molar-refractivity contribution in [3.63, 3.8) is 0 Å². The lowest BCUT2D eigenvalue weighted by Gasteiger charge is -2.42. The molecule has 3 heterocycles. The van der Waals surface area contributed by atoms with Crippen molar-refractivity contribution in [1.82, 2.24) is 25.6 Å². The molecule has 0 aliphatic carbocycles. The van der Waals surface area contributed by atoms with Crippen LogP contribution in [0, 0.1) is 0 Å². The number of hydrogen-bond donors (Lipinski definition) is 3. The van der Waals surface area contributed by atoms with Gasteiger partial charge in [-0.15, -0.1) is 0 Å². The number of carbonyl (C=O) groups excluding carboxylic acids is 1. The first-order valence-corrected chi connectivity index (χ1v) is 12.5. The lowest BCUT2D eigenvalue weighted by molar-refractivity contribution is -0.135. The normalized spacial score (nSPS) is 30.2. The zero-order valence-electron chi connectivity index (χ0n) is 15.4. The number of carbonyl (C=O) groups is 1. The molecule has 1 aromatic rings. The van der Waals surface area contributed by atoms with E-state index in [0.717, 1.165) is 10.4 Å². The molecule has 3 N–H and O–H groups in total. The molecular weight excluding hydrogens is 457 g/mol. The molecule has 0 spiro atoms. The van der Waals surface area contributed by atoms with Crippen molar-refractivity contribution >= 4 is 26.2 Å². The van der Waals surface area contributed by atoms with E-state index >= 15 is 0 Å². The molecule has 3 atom stereocenters. The van der Waals surface area contributed by atoms with Gasteiger partial charge in [-0.3, -0.25) is 4.79 Å². The summed E-state index contributed by atoms with van der Waals surface area (Å²) in [5.41, 5.74) is 8.09. The van der Waals surface area contributed by atoms with Gasteiger partial charge in [-0.2, -0.15) is 9.84 Å². The first-order valence-electron chi connectivity index (χ1n) is 9.07. The van der Waals surface area contributed by atoms with Crippen LogP contribution in [0.25, 0.3) is 0 Å². The van der Waals surface area contributed by atoms with Gasteiger partial charge in [0.05, 0.1) is 4.90 Å². The van der Waals surface area contributed by atoms with Crippen molar-refractivity contribution < 1.29 is 32.6 Å². The second-order valence-electron chi connectivity index (χ2n) is 7.61. The predicted molar refractivity (Wildman–Crippen MR) is 98.3 cm³/mol. The van der Waals surface area contributed by atoms with Crippen LogP contribution in [0.1, 0.15) is 12.8 Å². The van der Waals surface area contributed by atoms with E-state index in [1.54, 1.807) is 0 Å². The third-order valence-electron chi connectivity index (χ3n) is 5.49. The molecule has 1 aromatic carbocycles. The van der Waals surface area contributed by atoms with Crippen LogP contribution in [0.3, 0.4) is 0 Å². The number of nitrogens with zero attached hydrogens (tertiary/aromatic N) is 2. The summed E-state index contributed by atoms with van der Waals surface area (Å²) in [6.45, 7) is 0.496. The maximum atomic E-state index is 13.1. The Bertz CT molecular complexity index is 971. The van der Waals surface area contributed by atoms with Crippen LogP contribution in [-0.2, 0) is 14.8 Å². The van der Waals surface area contributed by atoms with Gasteiger partial charge in [0.15, 0.2) is 0 Å². The molecule has 3 unspecified atom stereocenters. The zero-order chi connectivity index (χ0) is 22.0. The summed E-state index contributed by atoms with van der Waals surface area (Å²) in [5, 5.41) is 0. The number of piperazine rings is 1. The van der Waals surface area contributed by atoms with Crippen LogP contribution in [0.15, 0.2) is 34.1 Å². The molecule has 3 saturated heterocycles. The number of halogens is 5. The second kappa shape index (κ2) is 6.26. The molecule has 3 aliphatic heterocycles. The molecule has 3 aliphatic rings. The van der Waals surface area contributed by atoms with Crippen LogP contribution < -0.4 is 16.4 Å². The summed E-state index contributed by atoms with van der Waals surface area (Å²) >= 11 is 0. The van der Waals surface area contributed by atoms with E-state index in [4.69, 9.17) is 0 Å². The van der Waals surface area contributed by atoms with E-state index in [1.165, 1.54) is 4.90 Å². The molecule has 1 amide bonds. The third kappa shape index (κ3) is 3.89. The van der Waals surface area contributed by atoms with E-state index in [2.05, 4.69) is 16.4 Å². The maximum Gasteiger partial charge on any atom is 0.310 e. The fraction of sp³-hybridized carbons (Fsp3) is 0.533. The number of likely N-dealkylation sites (tertiary alicyclic amines) is 1. The van der Waals surface area contributed by atoms with Gasteiger partial charge >= 0.3 is 10.2 Å². The second-order valence-corrected chi connectivity index (χ2v) is 11.9. The summed E-state index contributed by atoms with van der Waals surface area (Å²) in [6, 6.07) is -0.100. The Labute approximate surface area is 169 Å². The Morgan fingerprint density at radius 2 is 1.70 bits per heavy atom. The van der Waals surface area contributed by atoms with Crippen LogP contribution in [0.4, 0.5) is 19.4 Å².